The van der Waals surface area contributed by atoms with Crippen molar-refractivity contribution in [3.63, 3.8) is 0 Å². The van der Waals surface area contributed by atoms with E-state index < -0.39 is 0 Å². The number of carbonyl (C=O) groups excluding carboxylic acids is 1. The van der Waals surface area contributed by atoms with Crippen LogP contribution in [0.15, 0.2) is 41.4 Å². The predicted molar refractivity (Wildman–Crippen MR) is 119 cm³/mol. The van der Waals surface area contributed by atoms with Gasteiger partial charge in [0.2, 0.25) is 6.41 Å². The molecule has 0 unspecified atom stereocenters. The van der Waals surface area contributed by atoms with Crippen LogP contribution in [-0.2, 0) is 4.79 Å². The van der Waals surface area contributed by atoms with Crippen molar-refractivity contribution in [2.75, 3.05) is 19.0 Å². The van der Waals surface area contributed by atoms with Gasteiger partial charge in [0.05, 0.1) is 16.4 Å². The van der Waals surface area contributed by atoms with Crippen LogP contribution in [0.4, 0.5) is 5.69 Å². The zero-order valence-corrected chi connectivity index (χ0v) is 18.6. The standard InChI is InChI=1S/C21H30ClN3O2S/c1-15(2)12-19(24-28-21(9-10-21)8-5-11-26)20(25(4)14-27)23-18-7-6-16(3)13-17(18)22/h6-7,12-14,23-24,26H,5,8-11H2,1-4H3/b20-19+. The van der Waals surface area contributed by atoms with Crippen molar-refractivity contribution < 1.29 is 9.90 Å². The molecular formula is C21H30ClN3O2S. The molecule has 3 N–H and O–H groups in total. The summed E-state index contributed by atoms with van der Waals surface area (Å²) in [7, 11) is 1.71. The van der Waals surface area contributed by atoms with Crippen molar-refractivity contribution >= 4 is 35.6 Å². The Bertz CT molecular complexity index is 756. The van der Waals surface area contributed by atoms with E-state index in [-0.39, 0.29) is 11.4 Å². The minimum atomic E-state index is 0.163. The molecule has 0 aliphatic heterocycles. The third-order valence-electron chi connectivity index (χ3n) is 4.55. The first-order chi connectivity index (χ1) is 13.3. The third-order valence-corrected chi connectivity index (χ3v) is 6.23. The summed E-state index contributed by atoms with van der Waals surface area (Å²) in [5.74, 6) is 0.632. The molecule has 0 spiro atoms. The van der Waals surface area contributed by atoms with Crippen molar-refractivity contribution in [3.8, 4) is 0 Å². The SMILES string of the molecule is CC(C)=C/C(NSC1(CCCO)CC1)=C(/Nc1ccc(C)cc1Cl)N(C)C=O. The number of amides is 1. The van der Waals surface area contributed by atoms with Crippen molar-refractivity contribution in [3.05, 3.63) is 52.0 Å². The molecular weight excluding hydrogens is 394 g/mol. The molecule has 0 radical (unpaired) electrons. The van der Waals surface area contributed by atoms with Gasteiger partial charge in [-0.2, -0.15) is 0 Å². The summed E-state index contributed by atoms with van der Waals surface area (Å²) in [5, 5.41) is 13.1. The quantitative estimate of drug-likeness (QED) is 0.270. The van der Waals surface area contributed by atoms with Gasteiger partial charge in [-0.05, 0) is 82.2 Å². The molecule has 5 nitrogen and oxygen atoms in total. The average Bonchev–Trinajstić information content (AvgIpc) is 3.42. The lowest BCUT2D eigenvalue weighted by molar-refractivity contribution is -0.115. The highest BCUT2D eigenvalue weighted by Gasteiger charge is 2.43. The zero-order valence-electron chi connectivity index (χ0n) is 17.0. The molecule has 1 aromatic rings. The van der Waals surface area contributed by atoms with Crippen LogP contribution in [0.5, 0.6) is 0 Å². The van der Waals surface area contributed by atoms with Gasteiger partial charge < -0.3 is 20.0 Å². The fraction of sp³-hybridized carbons (Fsp3) is 0.476. The summed E-state index contributed by atoms with van der Waals surface area (Å²) in [4.78, 5) is 13.1. The summed E-state index contributed by atoms with van der Waals surface area (Å²) in [5.41, 5.74) is 3.73. The maximum absolute atomic E-state index is 11.6. The molecule has 28 heavy (non-hydrogen) atoms. The molecule has 0 atom stereocenters. The summed E-state index contributed by atoms with van der Waals surface area (Å²) < 4.78 is 3.62. The van der Waals surface area contributed by atoms with Crippen LogP contribution in [0.25, 0.3) is 0 Å². The topological polar surface area (TPSA) is 64.6 Å². The molecule has 1 aliphatic carbocycles. The number of aliphatic hydroxyl groups is 1. The lowest BCUT2D eigenvalue weighted by Crippen LogP contribution is -2.27. The van der Waals surface area contributed by atoms with Crippen LogP contribution in [0.2, 0.25) is 5.02 Å². The molecule has 0 aromatic heterocycles. The number of rotatable bonds is 11. The monoisotopic (exact) mass is 423 g/mol. The third kappa shape index (κ3) is 6.47. The van der Waals surface area contributed by atoms with Gasteiger partial charge in [0.1, 0.15) is 5.82 Å². The fourth-order valence-electron chi connectivity index (χ4n) is 2.79. The van der Waals surface area contributed by atoms with Gasteiger partial charge in [0, 0.05) is 18.4 Å². The average molecular weight is 424 g/mol. The van der Waals surface area contributed by atoms with Gasteiger partial charge >= 0.3 is 0 Å². The van der Waals surface area contributed by atoms with Gasteiger partial charge in [0.25, 0.3) is 0 Å². The maximum atomic E-state index is 11.6. The van der Waals surface area contributed by atoms with E-state index in [1.165, 1.54) is 4.90 Å². The molecule has 0 saturated heterocycles. The van der Waals surface area contributed by atoms with Crippen LogP contribution in [0.3, 0.4) is 0 Å². The van der Waals surface area contributed by atoms with E-state index in [4.69, 9.17) is 16.7 Å². The van der Waals surface area contributed by atoms with E-state index in [9.17, 15) is 4.79 Å². The molecule has 2 rings (SSSR count). The number of anilines is 1. The number of carbonyl (C=O) groups is 1. The van der Waals surface area contributed by atoms with Crippen LogP contribution in [0.1, 0.15) is 45.1 Å². The van der Waals surface area contributed by atoms with Crippen LogP contribution >= 0.6 is 23.5 Å². The van der Waals surface area contributed by atoms with E-state index in [2.05, 4.69) is 10.0 Å². The Morgan fingerprint density at radius 2 is 2.11 bits per heavy atom. The Labute approximate surface area is 177 Å². The Balaban J connectivity index is 2.32. The highest BCUT2D eigenvalue weighted by atomic mass is 35.5. The van der Waals surface area contributed by atoms with E-state index in [1.54, 1.807) is 19.0 Å². The number of aryl methyl sites for hydroxylation is 1. The first kappa shape index (κ1) is 22.7. The molecule has 1 aromatic carbocycles. The van der Waals surface area contributed by atoms with Crippen LogP contribution in [0, 0.1) is 6.92 Å². The van der Waals surface area contributed by atoms with E-state index in [1.807, 2.05) is 45.0 Å². The van der Waals surface area contributed by atoms with Crippen molar-refractivity contribution in [2.45, 2.75) is 51.2 Å². The summed E-state index contributed by atoms with van der Waals surface area (Å²) in [6, 6.07) is 5.77. The second-order valence-corrected chi connectivity index (χ2v) is 9.20. The number of allylic oxidation sites excluding steroid dienone is 2. The summed E-state index contributed by atoms with van der Waals surface area (Å²) >= 11 is 8.07. The van der Waals surface area contributed by atoms with Crippen LogP contribution < -0.4 is 10.0 Å². The van der Waals surface area contributed by atoms with E-state index >= 15 is 0 Å². The van der Waals surface area contributed by atoms with Crippen molar-refractivity contribution in [1.29, 1.82) is 0 Å². The molecule has 1 amide bonds. The lowest BCUT2D eigenvalue weighted by Gasteiger charge is -2.24. The summed E-state index contributed by atoms with van der Waals surface area (Å²) in [6.45, 7) is 6.23. The highest BCUT2D eigenvalue weighted by Crippen LogP contribution is 2.51. The minimum Gasteiger partial charge on any atom is -0.396 e. The van der Waals surface area contributed by atoms with Gasteiger partial charge in [-0.25, -0.2) is 0 Å². The number of halogens is 1. The van der Waals surface area contributed by atoms with Gasteiger partial charge in [-0.3, -0.25) is 4.79 Å². The Hall–Kier alpha value is -1.63. The molecule has 7 heteroatoms. The number of hydrogen-bond acceptors (Lipinski definition) is 5. The van der Waals surface area contributed by atoms with Gasteiger partial charge in [-0.1, -0.05) is 23.2 Å². The van der Waals surface area contributed by atoms with E-state index in [0.29, 0.717) is 10.8 Å². The van der Waals surface area contributed by atoms with Crippen molar-refractivity contribution in [2.24, 2.45) is 0 Å². The number of nitrogens with one attached hydrogen (secondary N) is 2. The maximum Gasteiger partial charge on any atom is 0.215 e. The number of hydrogen-bond donors (Lipinski definition) is 3. The number of aliphatic hydroxyl groups excluding tert-OH is 1. The van der Waals surface area contributed by atoms with Gasteiger partial charge in [-0.15, -0.1) is 0 Å². The smallest absolute Gasteiger partial charge is 0.215 e. The lowest BCUT2D eigenvalue weighted by atomic mass is 10.2. The largest absolute Gasteiger partial charge is 0.396 e. The highest BCUT2D eigenvalue weighted by molar-refractivity contribution is 7.99. The first-order valence-electron chi connectivity index (χ1n) is 9.45. The molecule has 0 bridgehead atoms. The number of benzene rings is 1. The van der Waals surface area contributed by atoms with E-state index in [0.717, 1.165) is 54.6 Å². The Morgan fingerprint density at radius 1 is 1.39 bits per heavy atom. The second kappa shape index (κ2) is 10.2. The number of nitrogens with zero attached hydrogens (tertiary/aromatic N) is 1. The molecule has 1 aliphatic rings. The Morgan fingerprint density at radius 3 is 2.64 bits per heavy atom. The van der Waals surface area contributed by atoms with Crippen LogP contribution in [-0.4, -0.2) is 34.8 Å². The minimum absolute atomic E-state index is 0.163. The van der Waals surface area contributed by atoms with Crippen molar-refractivity contribution in [1.82, 2.24) is 9.62 Å². The molecule has 0 heterocycles. The second-order valence-electron chi connectivity index (χ2n) is 7.52. The Kier molecular flexibility index (Phi) is 8.28. The van der Waals surface area contributed by atoms with Gasteiger partial charge in [0.15, 0.2) is 0 Å². The molecule has 1 fully saturated rings. The summed E-state index contributed by atoms with van der Waals surface area (Å²) in [6.07, 6.45) is 6.81. The molecule has 1 saturated carbocycles. The molecule has 154 valence electrons. The normalized spacial score (nSPS) is 15.4. The predicted octanol–water partition coefficient (Wildman–Crippen LogP) is 4.83. The zero-order chi connectivity index (χ0) is 20.7. The fourth-order valence-corrected chi connectivity index (χ4v) is 4.11. The first-order valence-corrected chi connectivity index (χ1v) is 10.6.